The van der Waals surface area contributed by atoms with E-state index in [1.54, 1.807) is 12.3 Å². The molecule has 0 bridgehead atoms. The van der Waals surface area contributed by atoms with Crippen LogP contribution in [-0.4, -0.2) is 15.8 Å². The van der Waals surface area contributed by atoms with Crippen LogP contribution in [0.3, 0.4) is 0 Å². The third-order valence-corrected chi connectivity index (χ3v) is 3.59. The molecule has 0 fully saturated rings. The number of amides is 1. The number of carbonyl (C=O) groups is 1. The molecule has 0 radical (unpaired) electrons. The van der Waals surface area contributed by atoms with Gasteiger partial charge >= 0.3 is 5.69 Å². The van der Waals surface area contributed by atoms with Crippen LogP contribution in [-0.2, 0) is 0 Å². The van der Waals surface area contributed by atoms with Crippen LogP contribution in [0, 0.1) is 21.7 Å². The lowest BCUT2D eigenvalue weighted by Crippen LogP contribution is -2.27. The predicted molar refractivity (Wildman–Crippen MR) is 71.0 cm³/mol. The molecule has 6 nitrogen and oxygen atoms in total. The number of aromatic nitrogens is 1. The zero-order valence-electron chi connectivity index (χ0n) is 10.7. The lowest BCUT2D eigenvalue weighted by atomic mass is 10.1. The van der Waals surface area contributed by atoms with E-state index in [2.05, 4.69) is 10.3 Å². The zero-order chi connectivity index (χ0) is 15.6. The van der Waals surface area contributed by atoms with Gasteiger partial charge < -0.3 is 5.32 Å². The van der Waals surface area contributed by atoms with Crippen LogP contribution < -0.4 is 5.32 Å². The van der Waals surface area contributed by atoms with Crippen LogP contribution in [0.5, 0.6) is 0 Å². The molecular weight excluding hydrogens is 304 g/mol. The molecule has 21 heavy (non-hydrogen) atoms. The molecule has 0 aliphatic rings. The standard InChI is InChI=1S/C12H9F2N3O3S/c1-6(12-15-2-3-21-12)16-11(18)8-4-7(13)5-9(10(8)14)17(19)20/h2-6H,1H3,(H,16,18). The Labute approximate surface area is 121 Å². The molecule has 110 valence electrons. The molecule has 0 aliphatic carbocycles. The summed E-state index contributed by atoms with van der Waals surface area (Å²) in [5.41, 5.74) is -1.80. The Morgan fingerprint density at radius 3 is 2.76 bits per heavy atom. The van der Waals surface area contributed by atoms with Crippen molar-refractivity contribution in [2.24, 2.45) is 0 Å². The van der Waals surface area contributed by atoms with Crippen molar-refractivity contribution < 1.29 is 18.5 Å². The van der Waals surface area contributed by atoms with E-state index in [0.717, 1.165) is 0 Å². The lowest BCUT2D eigenvalue weighted by molar-refractivity contribution is -0.387. The number of nitrogens with one attached hydrogen (secondary N) is 1. The number of nitrogens with zero attached hydrogens (tertiary/aromatic N) is 2. The Morgan fingerprint density at radius 1 is 1.48 bits per heavy atom. The minimum Gasteiger partial charge on any atom is -0.343 e. The van der Waals surface area contributed by atoms with E-state index in [1.807, 2.05) is 0 Å². The van der Waals surface area contributed by atoms with Gasteiger partial charge in [0.2, 0.25) is 5.82 Å². The maximum atomic E-state index is 13.9. The maximum Gasteiger partial charge on any atom is 0.308 e. The minimum atomic E-state index is -1.37. The van der Waals surface area contributed by atoms with Crippen LogP contribution in [0.4, 0.5) is 14.5 Å². The largest absolute Gasteiger partial charge is 0.343 e. The molecule has 1 amide bonds. The average molecular weight is 313 g/mol. The van der Waals surface area contributed by atoms with Gasteiger partial charge in [0.05, 0.1) is 22.6 Å². The van der Waals surface area contributed by atoms with Crippen molar-refractivity contribution in [2.75, 3.05) is 0 Å². The van der Waals surface area contributed by atoms with E-state index in [9.17, 15) is 23.7 Å². The highest BCUT2D eigenvalue weighted by atomic mass is 32.1. The van der Waals surface area contributed by atoms with Crippen molar-refractivity contribution in [3.8, 4) is 0 Å². The van der Waals surface area contributed by atoms with E-state index >= 15 is 0 Å². The third-order valence-electron chi connectivity index (χ3n) is 2.63. The fourth-order valence-electron chi connectivity index (χ4n) is 1.66. The molecule has 1 aromatic carbocycles. The van der Waals surface area contributed by atoms with Gasteiger partial charge in [-0.1, -0.05) is 0 Å². The van der Waals surface area contributed by atoms with Crippen molar-refractivity contribution in [1.29, 1.82) is 0 Å². The predicted octanol–water partition coefficient (Wildman–Crippen LogP) is 2.82. The van der Waals surface area contributed by atoms with Gasteiger partial charge in [0.1, 0.15) is 10.8 Å². The Morgan fingerprint density at radius 2 is 2.19 bits per heavy atom. The second-order valence-corrected chi connectivity index (χ2v) is 5.04. The number of hydrogen-bond donors (Lipinski definition) is 1. The quantitative estimate of drug-likeness (QED) is 0.694. The average Bonchev–Trinajstić information content (AvgIpc) is 2.94. The molecule has 0 aliphatic heterocycles. The summed E-state index contributed by atoms with van der Waals surface area (Å²) in [6.45, 7) is 1.61. The van der Waals surface area contributed by atoms with Gasteiger partial charge in [0.15, 0.2) is 0 Å². The van der Waals surface area contributed by atoms with Gasteiger partial charge in [-0.05, 0) is 13.0 Å². The summed E-state index contributed by atoms with van der Waals surface area (Å²) >= 11 is 1.28. The fraction of sp³-hybridized carbons (Fsp3) is 0.167. The first-order valence-corrected chi connectivity index (χ1v) is 6.61. The topological polar surface area (TPSA) is 85.1 Å². The summed E-state index contributed by atoms with van der Waals surface area (Å²) in [6, 6.07) is 0.516. The van der Waals surface area contributed by atoms with Crippen LogP contribution in [0.2, 0.25) is 0 Å². The smallest absolute Gasteiger partial charge is 0.308 e. The second-order valence-electron chi connectivity index (χ2n) is 4.11. The first-order valence-electron chi connectivity index (χ1n) is 5.74. The second kappa shape index (κ2) is 5.92. The molecule has 2 rings (SSSR count). The first-order chi connectivity index (χ1) is 9.90. The molecule has 1 aromatic heterocycles. The van der Waals surface area contributed by atoms with Crippen molar-refractivity contribution in [2.45, 2.75) is 13.0 Å². The number of rotatable bonds is 4. The fourth-order valence-corrected chi connectivity index (χ4v) is 2.30. The van der Waals surface area contributed by atoms with Gasteiger partial charge in [-0.15, -0.1) is 11.3 Å². The number of benzene rings is 1. The van der Waals surface area contributed by atoms with E-state index < -0.39 is 39.8 Å². The van der Waals surface area contributed by atoms with Gasteiger partial charge in [-0.25, -0.2) is 9.37 Å². The maximum absolute atomic E-state index is 13.9. The summed E-state index contributed by atoms with van der Waals surface area (Å²) in [7, 11) is 0. The summed E-state index contributed by atoms with van der Waals surface area (Å²) in [6.07, 6.45) is 1.54. The third kappa shape index (κ3) is 3.19. The highest BCUT2D eigenvalue weighted by molar-refractivity contribution is 7.09. The molecule has 0 spiro atoms. The van der Waals surface area contributed by atoms with Gasteiger partial charge in [-0.3, -0.25) is 14.9 Å². The number of carbonyl (C=O) groups excluding carboxylic acids is 1. The normalized spacial score (nSPS) is 12.0. The molecule has 9 heteroatoms. The number of thiazole rings is 1. The van der Waals surface area contributed by atoms with Crippen LogP contribution >= 0.6 is 11.3 Å². The Kier molecular flexibility index (Phi) is 4.22. The Balaban J connectivity index is 2.29. The number of halogens is 2. The summed E-state index contributed by atoms with van der Waals surface area (Å²) in [4.78, 5) is 25.4. The van der Waals surface area contributed by atoms with Gasteiger partial charge in [0.25, 0.3) is 5.91 Å². The van der Waals surface area contributed by atoms with E-state index in [-0.39, 0.29) is 0 Å². The zero-order valence-corrected chi connectivity index (χ0v) is 11.5. The highest BCUT2D eigenvalue weighted by Crippen LogP contribution is 2.23. The first kappa shape index (κ1) is 15.0. The molecule has 1 atom stereocenters. The van der Waals surface area contributed by atoms with Gasteiger partial charge in [0, 0.05) is 11.6 Å². The highest BCUT2D eigenvalue weighted by Gasteiger charge is 2.25. The SMILES string of the molecule is CC(NC(=O)c1cc(F)cc([N+](=O)[O-])c1F)c1nccs1. The molecule has 0 saturated heterocycles. The lowest BCUT2D eigenvalue weighted by Gasteiger charge is -2.11. The molecule has 1 N–H and O–H groups in total. The molecular formula is C12H9F2N3O3S. The van der Waals surface area contributed by atoms with Crippen molar-refractivity contribution in [3.63, 3.8) is 0 Å². The summed E-state index contributed by atoms with van der Waals surface area (Å²) in [5.74, 6) is -3.38. The van der Waals surface area contributed by atoms with Crippen molar-refractivity contribution in [3.05, 3.63) is 56.0 Å². The van der Waals surface area contributed by atoms with Crippen molar-refractivity contribution >= 4 is 22.9 Å². The molecule has 1 unspecified atom stereocenters. The Bertz CT molecular complexity index is 691. The van der Waals surface area contributed by atoms with E-state index in [1.165, 1.54) is 17.5 Å². The number of nitro groups is 1. The summed E-state index contributed by atoms with van der Waals surface area (Å²) < 4.78 is 27.1. The van der Waals surface area contributed by atoms with Crippen molar-refractivity contribution in [1.82, 2.24) is 10.3 Å². The summed E-state index contributed by atoms with van der Waals surface area (Å²) in [5, 5.41) is 15.3. The number of nitro benzene ring substituents is 1. The molecule has 0 saturated carbocycles. The van der Waals surface area contributed by atoms with Crippen LogP contribution in [0.25, 0.3) is 0 Å². The molecule has 1 heterocycles. The molecule has 2 aromatic rings. The van der Waals surface area contributed by atoms with Crippen LogP contribution in [0.15, 0.2) is 23.7 Å². The van der Waals surface area contributed by atoms with E-state index in [0.29, 0.717) is 17.1 Å². The van der Waals surface area contributed by atoms with Gasteiger partial charge in [-0.2, -0.15) is 4.39 Å². The Hall–Kier alpha value is -2.42. The minimum absolute atomic E-state index is 0.427. The van der Waals surface area contributed by atoms with Crippen LogP contribution in [0.1, 0.15) is 28.3 Å². The van der Waals surface area contributed by atoms with E-state index in [4.69, 9.17) is 0 Å². The monoisotopic (exact) mass is 313 g/mol. The number of hydrogen-bond acceptors (Lipinski definition) is 5.